The van der Waals surface area contributed by atoms with Gasteiger partial charge in [-0.3, -0.25) is 0 Å². The van der Waals surface area contributed by atoms with Crippen molar-refractivity contribution in [1.29, 1.82) is 0 Å². The summed E-state index contributed by atoms with van der Waals surface area (Å²) < 4.78 is 36.6. The Hall–Kier alpha value is -0.523. The van der Waals surface area contributed by atoms with E-state index in [1.54, 1.807) is 0 Å². The predicted molar refractivity (Wildman–Crippen MR) is 55.8 cm³/mol. The summed E-state index contributed by atoms with van der Waals surface area (Å²) in [7, 11) is -1.29. The van der Waals surface area contributed by atoms with E-state index in [1.807, 2.05) is 0 Å². The van der Waals surface area contributed by atoms with E-state index in [2.05, 4.69) is 24.8 Å². The lowest BCUT2D eigenvalue weighted by atomic mass is 10.1. The molecular formula is C9H16F3NOSi. The number of nitrogens with zero attached hydrogens (tertiary/aromatic N) is 1. The van der Waals surface area contributed by atoms with Crippen LogP contribution in [-0.4, -0.2) is 26.1 Å². The number of oxime groups is 1. The molecule has 2 nitrogen and oxygen atoms in total. The van der Waals surface area contributed by atoms with Crippen LogP contribution in [0.5, 0.6) is 0 Å². The fourth-order valence-corrected chi connectivity index (χ4v) is 3.19. The van der Waals surface area contributed by atoms with Crippen molar-refractivity contribution in [3.63, 3.8) is 0 Å². The van der Waals surface area contributed by atoms with Gasteiger partial charge in [0.25, 0.3) is 0 Å². The maximum absolute atomic E-state index is 12.2. The molecule has 1 atom stereocenters. The van der Waals surface area contributed by atoms with Gasteiger partial charge < -0.3 is 4.84 Å². The Morgan fingerprint density at radius 3 is 2.33 bits per heavy atom. The Labute approximate surface area is 88.5 Å². The minimum absolute atomic E-state index is 0.0152. The van der Waals surface area contributed by atoms with Crippen LogP contribution in [0, 0.1) is 0 Å². The van der Waals surface area contributed by atoms with Crippen LogP contribution >= 0.6 is 0 Å². The molecule has 1 aliphatic heterocycles. The summed E-state index contributed by atoms with van der Waals surface area (Å²) in [5.74, 6) is 0. The molecule has 1 rings (SSSR count). The molecule has 15 heavy (non-hydrogen) atoms. The second kappa shape index (κ2) is 4.15. The van der Waals surface area contributed by atoms with E-state index in [9.17, 15) is 13.2 Å². The van der Waals surface area contributed by atoms with E-state index >= 15 is 0 Å². The van der Waals surface area contributed by atoms with Crippen molar-refractivity contribution in [2.75, 3.05) is 0 Å². The summed E-state index contributed by atoms with van der Waals surface area (Å²) in [4.78, 5) is 4.90. The fourth-order valence-electron chi connectivity index (χ4n) is 1.55. The number of halogens is 3. The SMILES string of the molecule is C[Si](C)(C)CC1CCC(C(F)(F)F)=NO1. The van der Waals surface area contributed by atoms with Gasteiger partial charge >= 0.3 is 6.18 Å². The number of hydrogen-bond donors (Lipinski definition) is 0. The van der Waals surface area contributed by atoms with Crippen molar-refractivity contribution in [2.45, 2.75) is 50.8 Å². The van der Waals surface area contributed by atoms with Gasteiger partial charge in [0.05, 0.1) is 0 Å². The molecule has 0 aromatic heterocycles. The zero-order valence-electron chi connectivity index (χ0n) is 9.19. The molecule has 0 saturated heterocycles. The summed E-state index contributed by atoms with van der Waals surface area (Å²) >= 11 is 0. The number of hydrogen-bond acceptors (Lipinski definition) is 2. The first-order valence-electron chi connectivity index (χ1n) is 4.98. The molecule has 6 heteroatoms. The van der Waals surface area contributed by atoms with Crippen LogP contribution in [-0.2, 0) is 4.84 Å². The molecule has 0 saturated carbocycles. The monoisotopic (exact) mass is 239 g/mol. The van der Waals surface area contributed by atoms with E-state index in [0.29, 0.717) is 6.42 Å². The Bertz CT molecular complexity index is 257. The first-order chi connectivity index (χ1) is 6.68. The average molecular weight is 239 g/mol. The molecule has 0 fully saturated rings. The van der Waals surface area contributed by atoms with Gasteiger partial charge in [-0.25, -0.2) is 0 Å². The predicted octanol–water partition coefficient (Wildman–Crippen LogP) is 3.42. The smallest absolute Gasteiger partial charge is 0.393 e. The number of rotatable bonds is 2. The standard InChI is InChI=1S/C9H16F3NOSi/c1-15(2,3)6-7-4-5-8(13-14-7)9(10,11)12/h7H,4-6H2,1-3H3. The van der Waals surface area contributed by atoms with Crippen molar-refractivity contribution in [3.8, 4) is 0 Å². The van der Waals surface area contributed by atoms with Gasteiger partial charge in [0.1, 0.15) is 6.10 Å². The van der Waals surface area contributed by atoms with Gasteiger partial charge in [0.15, 0.2) is 5.71 Å². The zero-order chi connectivity index (χ0) is 11.7. The third kappa shape index (κ3) is 4.23. The molecule has 88 valence electrons. The van der Waals surface area contributed by atoms with Gasteiger partial charge in [-0.15, -0.1) is 0 Å². The van der Waals surface area contributed by atoms with Gasteiger partial charge in [0.2, 0.25) is 0 Å². The van der Waals surface area contributed by atoms with E-state index in [-0.39, 0.29) is 12.5 Å². The molecule has 0 aromatic rings. The Morgan fingerprint density at radius 1 is 1.40 bits per heavy atom. The van der Waals surface area contributed by atoms with E-state index in [1.165, 1.54) is 0 Å². The minimum Gasteiger partial charge on any atom is -0.393 e. The first kappa shape index (κ1) is 12.5. The van der Waals surface area contributed by atoms with Gasteiger partial charge in [-0.2, -0.15) is 13.2 Å². The van der Waals surface area contributed by atoms with Crippen molar-refractivity contribution >= 4 is 13.8 Å². The van der Waals surface area contributed by atoms with Crippen LogP contribution < -0.4 is 0 Å². The Balaban J connectivity index is 2.52. The maximum atomic E-state index is 12.2. The molecule has 1 heterocycles. The summed E-state index contributed by atoms with van der Waals surface area (Å²) in [5, 5.41) is 3.18. The van der Waals surface area contributed by atoms with Crippen LogP contribution in [0.3, 0.4) is 0 Å². The third-order valence-corrected chi connectivity index (χ3v) is 3.86. The molecule has 0 N–H and O–H groups in total. The summed E-state index contributed by atoms with van der Waals surface area (Å²) in [6.07, 6.45) is -4.03. The van der Waals surface area contributed by atoms with Gasteiger partial charge in [-0.05, 0) is 12.5 Å². The van der Waals surface area contributed by atoms with Gasteiger partial charge in [0, 0.05) is 14.5 Å². The van der Waals surface area contributed by atoms with E-state index in [4.69, 9.17) is 4.84 Å². The normalized spacial score (nSPS) is 23.3. The minimum atomic E-state index is -4.33. The van der Waals surface area contributed by atoms with Crippen LogP contribution in [0.2, 0.25) is 25.7 Å². The maximum Gasteiger partial charge on any atom is 0.432 e. The molecular weight excluding hydrogens is 223 g/mol. The highest BCUT2D eigenvalue weighted by Gasteiger charge is 2.39. The van der Waals surface area contributed by atoms with Crippen molar-refractivity contribution in [3.05, 3.63) is 0 Å². The van der Waals surface area contributed by atoms with Crippen LogP contribution in [0.15, 0.2) is 5.16 Å². The van der Waals surface area contributed by atoms with Gasteiger partial charge in [-0.1, -0.05) is 24.8 Å². The summed E-state index contributed by atoms with van der Waals surface area (Å²) in [6, 6.07) is 0.863. The van der Waals surface area contributed by atoms with E-state index in [0.717, 1.165) is 6.04 Å². The molecule has 0 bridgehead atoms. The zero-order valence-corrected chi connectivity index (χ0v) is 10.2. The van der Waals surface area contributed by atoms with Crippen LogP contribution in [0.1, 0.15) is 12.8 Å². The highest BCUT2D eigenvalue weighted by atomic mass is 28.3. The second-order valence-electron chi connectivity index (χ2n) is 5.07. The topological polar surface area (TPSA) is 21.6 Å². The average Bonchev–Trinajstić information content (AvgIpc) is 2.00. The molecule has 0 aromatic carbocycles. The summed E-state index contributed by atoms with van der Waals surface area (Å²) in [6.45, 7) is 6.50. The van der Waals surface area contributed by atoms with Crippen molar-refractivity contribution in [2.24, 2.45) is 5.16 Å². The molecule has 1 unspecified atom stereocenters. The Morgan fingerprint density at radius 2 is 2.00 bits per heavy atom. The molecule has 0 spiro atoms. The fraction of sp³-hybridized carbons (Fsp3) is 0.889. The van der Waals surface area contributed by atoms with Crippen LogP contribution in [0.25, 0.3) is 0 Å². The molecule has 0 aliphatic carbocycles. The molecule has 0 radical (unpaired) electrons. The molecule has 0 amide bonds. The van der Waals surface area contributed by atoms with Crippen LogP contribution in [0.4, 0.5) is 13.2 Å². The largest absolute Gasteiger partial charge is 0.432 e. The van der Waals surface area contributed by atoms with Crippen molar-refractivity contribution < 1.29 is 18.0 Å². The van der Waals surface area contributed by atoms with Crippen molar-refractivity contribution in [1.82, 2.24) is 0 Å². The third-order valence-electron chi connectivity index (χ3n) is 2.18. The lowest BCUT2D eigenvalue weighted by Gasteiger charge is -2.26. The highest BCUT2D eigenvalue weighted by Crippen LogP contribution is 2.27. The first-order valence-corrected chi connectivity index (χ1v) is 8.69. The Kier molecular flexibility index (Phi) is 3.47. The second-order valence-corrected chi connectivity index (χ2v) is 10.6. The summed E-state index contributed by atoms with van der Waals surface area (Å²) in [5.41, 5.74) is -0.783. The number of alkyl halides is 3. The molecule has 1 aliphatic rings. The van der Waals surface area contributed by atoms with E-state index < -0.39 is 20.0 Å². The highest BCUT2D eigenvalue weighted by molar-refractivity contribution is 6.76. The lowest BCUT2D eigenvalue weighted by molar-refractivity contribution is -0.0703. The lowest BCUT2D eigenvalue weighted by Crippen LogP contribution is -2.33. The quantitative estimate of drug-likeness (QED) is 0.677.